The van der Waals surface area contributed by atoms with Crippen molar-refractivity contribution in [2.45, 2.75) is 25.1 Å². The van der Waals surface area contributed by atoms with Crippen LogP contribution in [-0.2, 0) is 25.2 Å². The summed E-state index contributed by atoms with van der Waals surface area (Å²) in [4.78, 5) is 23.6. The second-order valence-corrected chi connectivity index (χ2v) is 9.12. The first-order valence-corrected chi connectivity index (χ1v) is 11.4. The lowest BCUT2D eigenvalue weighted by Gasteiger charge is -2.31. The maximum Gasteiger partial charge on any atom is 0.321 e. The van der Waals surface area contributed by atoms with E-state index in [9.17, 15) is 14.5 Å². The fourth-order valence-corrected chi connectivity index (χ4v) is 4.86. The van der Waals surface area contributed by atoms with Crippen molar-refractivity contribution in [3.05, 3.63) is 12.7 Å². The van der Waals surface area contributed by atoms with Gasteiger partial charge < -0.3 is 24.7 Å². The van der Waals surface area contributed by atoms with Crippen LogP contribution in [0.4, 0.5) is 5.82 Å². The molecule has 4 N–H and O–H groups in total. The molecule has 1 aliphatic heterocycles. The van der Waals surface area contributed by atoms with Crippen LogP contribution >= 0.6 is 19.3 Å². The van der Waals surface area contributed by atoms with Gasteiger partial charge in [0.25, 0.3) is 7.52 Å². The molecule has 0 amide bonds. The number of nitrogen functional groups attached to an aromatic ring is 1. The summed E-state index contributed by atoms with van der Waals surface area (Å²) in [5, 5.41) is 11.9. The summed E-state index contributed by atoms with van der Waals surface area (Å²) in [6.45, 7) is 0.432. The highest BCUT2D eigenvalue weighted by Crippen LogP contribution is 2.46. The molecule has 0 bridgehead atoms. The number of anilines is 1. The van der Waals surface area contributed by atoms with Gasteiger partial charge in [-0.2, -0.15) is 11.8 Å². The van der Waals surface area contributed by atoms with Gasteiger partial charge in [0, 0.05) is 0 Å². The van der Waals surface area contributed by atoms with Gasteiger partial charge in [-0.3, -0.25) is 9.36 Å². The third-order valence-electron chi connectivity index (χ3n) is 4.04. The molecule has 0 spiro atoms. The van der Waals surface area contributed by atoms with Crippen molar-refractivity contribution in [1.82, 2.24) is 24.6 Å². The van der Waals surface area contributed by atoms with Gasteiger partial charge in [0.1, 0.15) is 30.3 Å². The van der Waals surface area contributed by atoms with Crippen LogP contribution in [0.3, 0.4) is 0 Å². The number of imidazole rings is 1. The lowest BCUT2D eigenvalue weighted by atomic mass is 10.2. The summed E-state index contributed by atoms with van der Waals surface area (Å²) in [7, 11) is -3.38. The number of nitrogens with two attached hydrogens (primary N) is 1. The molecular formula is C14H21N6O5PS. The van der Waals surface area contributed by atoms with Crippen LogP contribution in [0.5, 0.6) is 0 Å². The van der Waals surface area contributed by atoms with E-state index in [-0.39, 0.29) is 19.1 Å². The normalized spacial score (nSPS) is 24.1. The molecule has 3 heterocycles. The summed E-state index contributed by atoms with van der Waals surface area (Å²) >= 11 is 1.52. The Balaban J connectivity index is 1.60. The molecule has 13 heteroatoms. The molecule has 1 aliphatic rings. The van der Waals surface area contributed by atoms with Crippen LogP contribution in [0, 0.1) is 0 Å². The third kappa shape index (κ3) is 4.77. The van der Waals surface area contributed by atoms with E-state index in [0.717, 1.165) is 0 Å². The second-order valence-electron chi connectivity index (χ2n) is 6.02. The molecule has 1 saturated heterocycles. The van der Waals surface area contributed by atoms with E-state index in [0.29, 0.717) is 35.7 Å². The number of nitrogens with one attached hydrogen (secondary N) is 1. The highest BCUT2D eigenvalue weighted by atomic mass is 32.2. The molecule has 27 heavy (non-hydrogen) atoms. The Morgan fingerprint density at radius 2 is 2.37 bits per heavy atom. The molecule has 148 valence electrons. The highest BCUT2D eigenvalue weighted by Gasteiger charge is 2.36. The molecule has 3 rings (SSSR count). The maximum absolute atomic E-state index is 12.7. The number of hydrogen-bond acceptors (Lipinski definition) is 9. The van der Waals surface area contributed by atoms with Crippen LogP contribution < -0.4 is 10.8 Å². The number of carboxylic acid groups (broad SMARTS) is 1. The van der Waals surface area contributed by atoms with Crippen LogP contribution in [0.15, 0.2) is 12.7 Å². The van der Waals surface area contributed by atoms with E-state index < -0.39 is 19.5 Å². The standard InChI is InChI=1S/C14H21N6O5PS/c1-27-3-2-10(14(21)22)19-26(23)8-24-9(5-25-26)4-20-7-18-11-12(15)16-6-17-13(11)20/h6-7,9-10H,2-5,8H2,1H3,(H,19,23)(H,21,22)(H2,15,16,17)/t9-,10-,26?/m0/s1. The molecule has 1 fully saturated rings. The summed E-state index contributed by atoms with van der Waals surface area (Å²) < 4.78 is 25.6. The average molecular weight is 416 g/mol. The molecule has 0 aromatic carbocycles. The minimum Gasteiger partial charge on any atom is -0.480 e. The first kappa shape index (κ1) is 20.0. The van der Waals surface area contributed by atoms with E-state index in [4.69, 9.17) is 15.0 Å². The van der Waals surface area contributed by atoms with E-state index >= 15 is 0 Å². The fourth-order valence-electron chi connectivity index (χ4n) is 2.64. The van der Waals surface area contributed by atoms with Gasteiger partial charge in [-0.15, -0.1) is 0 Å². The summed E-state index contributed by atoms with van der Waals surface area (Å²) in [5.74, 6) is -0.142. The maximum atomic E-state index is 12.7. The summed E-state index contributed by atoms with van der Waals surface area (Å²) in [6, 6.07) is -0.944. The van der Waals surface area contributed by atoms with Gasteiger partial charge in [-0.1, -0.05) is 0 Å². The van der Waals surface area contributed by atoms with E-state index in [2.05, 4.69) is 20.0 Å². The van der Waals surface area contributed by atoms with E-state index in [1.807, 2.05) is 6.26 Å². The van der Waals surface area contributed by atoms with Crippen molar-refractivity contribution in [2.75, 3.05) is 30.7 Å². The lowest BCUT2D eigenvalue weighted by molar-refractivity contribution is -0.139. The molecule has 11 nitrogen and oxygen atoms in total. The number of nitrogens with zero attached hydrogens (tertiary/aromatic N) is 4. The molecule has 1 unspecified atom stereocenters. The Labute approximate surface area is 159 Å². The number of carboxylic acids is 1. The van der Waals surface area contributed by atoms with Crippen molar-refractivity contribution in [2.24, 2.45) is 0 Å². The second kappa shape index (κ2) is 8.53. The van der Waals surface area contributed by atoms with Crippen molar-refractivity contribution in [3.63, 3.8) is 0 Å². The number of carbonyl (C=O) groups is 1. The van der Waals surface area contributed by atoms with Crippen molar-refractivity contribution in [3.8, 4) is 0 Å². The number of ether oxygens (including phenoxy) is 1. The molecule has 2 aromatic rings. The number of fused-ring (bicyclic) bond motifs is 1. The van der Waals surface area contributed by atoms with Gasteiger partial charge in [-0.05, 0) is 18.4 Å². The van der Waals surface area contributed by atoms with Crippen molar-refractivity contribution in [1.29, 1.82) is 0 Å². The Morgan fingerprint density at radius 1 is 1.56 bits per heavy atom. The first-order valence-electron chi connectivity index (χ1n) is 8.18. The molecule has 0 radical (unpaired) electrons. The quantitative estimate of drug-likeness (QED) is 0.523. The minimum atomic E-state index is -3.38. The van der Waals surface area contributed by atoms with Crippen LogP contribution in [0.1, 0.15) is 6.42 Å². The zero-order chi connectivity index (χ0) is 19.4. The summed E-state index contributed by atoms with van der Waals surface area (Å²) in [6.07, 6.45) is 4.57. The number of hydrogen-bond donors (Lipinski definition) is 3. The van der Waals surface area contributed by atoms with Crippen LogP contribution in [0.25, 0.3) is 11.2 Å². The van der Waals surface area contributed by atoms with Gasteiger partial charge in [0.2, 0.25) is 0 Å². The van der Waals surface area contributed by atoms with Crippen LogP contribution in [-0.4, -0.2) is 67.7 Å². The molecular weight excluding hydrogens is 395 g/mol. The predicted molar refractivity (Wildman–Crippen MR) is 101 cm³/mol. The van der Waals surface area contributed by atoms with Gasteiger partial charge in [-0.25, -0.2) is 20.0 Å². The minimum absolute atomic E-state index is 0.0549. The smallest absolute Gasteiger partial charge is 0.321 e. The first-order chi connectivity index (χ1) is 12.9. The Kier molecular flexibility index (Phi) is 6.33. The van der Waals surface area contributed by atoms with E-state index in [1.165, 1.54) is 18.1 Å². The largest absolute Gasteiger partial charge is 0.480 e. The summed E-state index contributed by atoms with van der Waals surface area (Å²) in [5.41, 5.74) is 6.84. The number of rotatable bonds is 8. The molecule has 0 saturated carbocycles. The Bertz CT molecular complexity index is 852. The van der Waals surface area contributed by atoms with E-state index in [1.54, 1.807) is 10.9 Å². The van der Waals surface area contributed by atoms with Gasteiger partial charge in [0.05, 0.1) is 19.5 Å². The Hall–Kier alpha value is -1.72. The zero-order valence-electron chi connectivity index (χ0n) is 14.6. The average Bonchev–Trinajstić information content (AvgIpc) is 3.05. The van der Waals surface area contributed by atoms with Crippen LogP contribution in [0.2, 0.25) is 0 Å². The van der Waals surface area contributed by atoms with Gasteiger partial charge >= 0.3 is 5.97 Å². The number of aliphatic carboxylic acids is 1. The van der Waals surface area contributed by atoms with Crippen molar-refractivity contribution < 1.29 is 23.7 Å². The highest BCUT2D eigenvalue weighted by molar-refractivity contribution is 7.98. The predicted octanol–water partition coefficient (Wildman–Crippen LogP) is 0.770. The SMILES string of the molecule is CSCC[C@H](NP1(=O)CO[C@@H](Cn2cnc3c(N)ncnc32)CO1)C(=O)O. The van der Waals surface area contributed by atoms with Gasteiger partial charge in [0.15, 0.2) is 11.5 Å². The lowest BCUT2D eigenvalue weighted by Crippen LogP contribution is -2.40. The molecule has 2 aromatic heterocycles. The number of thioether (sulfide) groups is 1. The van der Waals surface area contributed by atoms with Crippen molar-refractivity contribution >= 4 is 42.2 Å². The zero-order valence-corrected chi connectivity index (χ0v) is 16.4. The monoisotopic (exact) mass is 416 g/mol. The number of aromatic nitrogens is 4. The Morgan fingerprint density at radius 3 is 3.04 bits per heavy atom. The fraction of sp³-hybridized carbons (Fsp3) is 0.571. The molecule has 0 aliphatic carbocycles. The molecule has 3 atom stereocenters. The third-order valence-corrected chi connectivity index (χ3v) is 6.44. The topological polar surface area (TPSA) is 154 Å².